The van der Waals surface area contributed by atoms with E-state index in [0.29, 0.717) is 24.3 Å². The van der Waals surface area contributed by atoms with Crippen molar-refractivity contribution in [2.45, 2.75) is 31.6 Å². The summed E-state index contributed by atoms with van der Waals surface area (Å²) in [5.41, 5.74) is 2.06. The number of benzene rings is 2. The third kappa shape index (κ3) is 5.30. The van der Waals surface area contributed by atoms with Crippen LogP contribution in [0, 0.1) is 6.92 Å². The number of amides is 1. The molecule has 146 valence electrons. The Morgan fingerprint density at radius 2 is 1.85 bits per heavy atom. The average Bonchev–Trinajstić information content (AvgIpc) is 2.62. The third-order valence-corrected chi connectivity index (χ3v) is 6.08. The molecule has 0 radical (unpaired) electrons. The molecule has 0 unspecified atom stereocenters. The molecule has 0 aromatic heterocycles. The van der Waals surface area contributed by atoms with Crippen molar-refractivity contribution in [1.82, 2.24) is 4.31 Å². The van der Waals surface area contributed by atoms with Crippen molar-refractivity contribution in [2.24, 2.45) is 0 Å². The van der Waals surface area contributed by atoms with Crippen molar-refractivity contribution < 1.29 is 17.9 Å². The maximum absolute atomic E-state index is 12.4. The van der Waals surface area contributed by atoms with Gasteiger partial charge in [-0.1, -0.05) is 24.3 Å². The second kappa shape index (κ2) is 9.01. The van der Waals surface area contributed by atoms with Gasteiger partial charge in [0.2, 0.25) is 15.9 Å². The first-order valence-electron chi connectivity index (χ1n) is 8.79. The van der Waals surface area contributed by atoms with Crippen LogP contribution in [-0.4, -0.2) is 39.3 Å². The summed E-state index contributed by atoms with van der Waals surface area (Å²) >= 11 is 0. The number of hydrogen-bond acceptors (Lipinski definition) is 4. The van der Waals surface area contributed by atoms with E-state index in [-0.39, 0.29) is 17.2 Å². The summed E-state index contributed by atoms with van der Waals surface area (Å²) in [5, 5.41) is 2.78. The van der Waals surface area contributed by atoms with Crippen LogP contribution in [0.1, 0.15) is 24.5 Å². The molecule has 0 saturated carbocycles. The van der Waals surface area contributed by atoms with Gasteiger partial charge in [0.1, 0.15) is 5.75 Å². The second-order valence-electron chi connectivity index (χ2n) is 6.36. The number of sulfonamides is 1. The van der Waals surface area contributed by atoms with Crippen LogP contribution < -0.4 is 10.1 Å². The zero-order valence-electron chi connectivity index (χ0n) is 16.2. The van der Waals surface area contributed by atoms with Crippen LogP contribution in [0.15, 0.2) is 47.4 Å². The van der Waals surface area contributed by atoms with Gasteiger partial charge in [-0.15, -0.1) is 0 Å². The number of hydrogen-bond donors (Lipinski definition) is 1. The highest BCUT2D eigenvalue weighted by Gasteiger charge is 2.20. The lowest BCUT2D eigenvalue weighted by atomic mass is 10.1. The minimum Gasteiger partial charge on any atom is -0.494 e. The summed E-state index contributed by atoms with van der Waals surface area (Å²) in [4.78, 5) is 12.5. The minimum absolute atomic E-state index is 0.182. The molecule has 0 aliphatic carbocycles. The minimum atomic E-state index is -3.57. The molecule has 0 aliphatic heterocycles. The molecule has 0 saturated heterocycles. The van der Waals surface area contributed by atoms with Crippen molar-refractivity contribution in [1.29, 1.82) is 0 Å². The fourth-order valence-corrected chi connectivity index (χ4v) is 3.78. The van der Waals surface area contributed by atoms with Crippen LogP contribution in [-0.2, 0) is 21.2 Å². The molecular weight excluding hydrogens is 364 g/mol. The van der Waals surface area contributed by atoms with Gasteiger partial charge in [0.05, 0.1) is 11.5 Å². The van der Waals surface area contributed by atoms with Crippen LogP contribution in [0.25, 0.3) is 0 Å². The van der Waals surface area contributed by atoms with Crippen LogP contribution >= 0.6 is 0 Å². The largest absolute Gasteiger partial charge is 0.494 e. The molecule has 2 rings (SSSR count). The van der Waals surface area contributed by atoms with E-state index in [0.717, 1.165) is 15.6 Å². The Labute approximate surface area is 161 Å². The summed E-state index contributed by atoms with van der Waals surface area (Å²) in [6.45, 7) is 4.21. The van der Waals surface area contributed by atoms with Gasteiger partial charge < -0.3 is 10.1 Å². The SMILES string of the molecule is CCOc1ccccc1CCC(=O)Nc1ccc(C)c(S(=O)(=O)N(C)C)c1. The molecule has 27 heavy (non-hydrogen) atoms. The van der Waals surface area contributed by atoms with Crippen LogP contribution in [0.5, 0.6) is 5.75 Å². The monoisotopic (exact) mass is 390 g/mol. The first-order chi connectivity index (χ1) is 12.8. The number of rotatable bonds is 8. The predicted molar refractivity (Wildman–Crippen MR) is 107 cm³/mol. The fourth-order valence-electron chi connectivity index (χ4n) is 2.63. The molecule has 7 heteroatoms. The molecule has 0 fully saturated rings. The highest BCUT2D eigenvalue weighted by atomic mass is 32.2. The zero-order chi connectivity index (χ0) is 20.0. The van der Waals surface area contributed by atoms with Crippen molar-refractivity contribution >= 4 is 21.6 Å². The number of ether oxygens (including phenoxy) is 1. The number of carbonyl (C=O) groups is 1. The third-order valence-electron chi connectivity index (χ3n) is 4.12. The average molecular weight is 391 g/mol. The number of nitrogens with one attached hydrogen (secondary N) is 1. The van der Waals surface area contributed by atoms with Crippen molar-refractivity contribution in [3.05, 3.63) is 53.6 Å². The number of nitrogens with zero attached hydrogens (tertiary/aromatic N) is 1. The molecule has 0 atom stereocenters. The highest BCUT2D eigenvalue weighted by Crippen LogP contribution is 2.23. The van der Waals surface area contributed by atoms with Crippen molar-refractivity contribution in [3.63, 3.8) is 0 Å². The lowest BCUT2D eigenvalue weighted by molar-refractivity contribution is -0.116. The number of aryl methyl sites for hydroxylation is 2. The summed E-state index contributed by atoms with van der Waals surface area (Å²) in [6.07, 6.45) is 0.810. The van der Waals surface area contributed by atoms with E-state index in [2.05, 4.69) is 5.32 Å². The predicted octanol–water partition coefficient (Wildman–Crippen LogP) is 3.22. The smallest absolute Gasteiger partial charge is 0.242 e. The topological polar surface area (TPSA) is 75.7 Å². The molecule has 2 aromatic rings. The first-order valence-corrected chi connectivity index (χ1v) is 10.2. The second-order valence-corrected chi connectivity index (χ2v) is 8.48. The van der Waals surface area contributed by atoms with E-state index >= 15 is 0 Å². The lowest BCUT2D eigenvalue weighted by Crippen LogP contribution is -2.23. The Balaban J connectivity index is 2.09. The number of para-hydroxylation sites is 1. The molecule has 0 heterocycles. The normalized spacial score (nSPS) is 11.4. The van der Waals surface area contributed by atoms with Crippen molar-refractivity contribution in [3.8, 4) is 5.75 Å². The van der Waals surface area contributed by atoms with E-state index in [1.54, 1.807) is 19.1 Å². The molecule has 1 amide bonds. The van der Waals surface area contributed by atoms with Gasteiger partial charge in [0.15, 0.2) is 0 Å². The van der Waals surface area contributed by atoms with E-state index in [4.69, 9.17) is 4.74 Å². The Morgan fingerprint density at radius 1 is 1.15 bits per heavy atom. The maximum atomic E-state index is 12.4. The standard InChI is InChI=1S/C20H26N2O4S/c1-5-26-18-9-7-6-8-16(18)11-13-20(23)21-17-12-10-15(2)19(14-17)27(24,25)22(3)4/h6-10,12,14H,5,11,13H2,1-4H3,(H,21,23). The lowest BCUT2D eigenvalue weighted by Gasteiger charge is -2.15. The summed E-state index contributed by atoms with van der Waals surface area (Å²) in [5.74, 6) is 0.598. The van der Waals surface area contributed by atoms with E-state index in [9.17, 15) is 13.2 Å². The molecular formula is C20H26N2O4S. The fraction of sp³-hybridized carbons (Fsp3) is 0.350. The van der Waals surface area contributed by atoms with Crippen LogP contribution in [0.3, 0.4) is 0 Å². The molecule has 2 aromatic carbocycles. The Kier molecular flexibility index (Phi) is 6.98. The van der Waals surface area contributed by atoms with Crippen LogP contribution in [0.2, 0.25) is 0 Å². The molecule has 0 spiro atoms. The van der Waals surface area contributed by atoms with E-state index in [1.165, 1.54) is 20.2 Å². The van der Waals surface area contributed by atoms with Gasteiger partial charge in [-0.3, -0.25) is 4.79 Å². The summed E-state index contributed by atoms with van der Waals surface area (Å²) in [6, 6.07) is 12.5. The van der Waals surface area contributed by atoms with E-state index < -0.39 is 10.0 Å². The molecule has 6 nitrogen and oxygen atoms in total. The van der Waals surface area contributed by atoms with Gasteiger partial charge in [0.25, 0.3) is 0 Å². The summed E-state index contributed by atoms with van der Waals surface area (Å²) < 4.78 is 31.5. The Hall–Kier alpha value is -2.38. The zero-order valence-corrected chi connectivity index (χ0v) is 17.0. The van der Waals surface area contributed by atoms with Gasteiger partial charge in [-0.05, 0) is 49.6 Å². The Morgan fingerprint density at radius 3 is 2.52 bits per heavy atom. The number of carbonyl (C=O) groups excluding carboxylic acids is 1. The maximum Gasteiger partial charge on any atom is 0.242 e. The van der Waals surface area contributed by atoms with Gasteiger partial charge in [-0.2, -0.15) is 0 Å². The van der Waals surface area contributed by atoms with E-state index in [1.807, 2.05) is 31.2 Å². The number of anilines is 1. The molecule has 0 aliphatic rings. The summed E-state index contributed by atoms with van der Waals surface area (Å²) in [7, 11) is -0.604. The van der Waals surface area contributed by atoms with Gasteiger partial charge >= 0.3 is 0 Å². The molecule has 0 bridgehead atoms. The highest BCUT2D eigenvalue weighted by molar-refractivity contribution is 7.89. The van der Waals surface area contributed by atoms with Crippen molar-refractivity contribution in [2.75, 3.05) is 26.0 Å². The van der Waals surface area contributed by atoms with Crippen LogP contribution in [0.4, 0.5) is 5.69 Å². The quantitative estimate of drug-likeness (QED) is 0.751. The molecule has 1 N–H and O–H groups in total. The first kappa shape index (κ1) is 20.9. The van der Waals surface area contributed by atoms with Gasteiger partial charge in [0, 0.05) is 26.2 Å². The van der Waals surface area contributed by atoms with Gasteiger partial charge in [-0.25, -0.2) is 12.7 Å². The Bertz CT molecular complexity index is 908.